The van der Waals surface area contributed by atoms with Crippen molar-refractivity contribution < 1.29 is 9.59 Å². The van der Waals surface area contributed by atoms with Gasteiger partial charge in [0, 0.05) is 23.2 Å². The summed E-state index contributed by atoms with van der Waals surface area (Å²) in [7, 11) is 0. The Hall–Kier alpha value is -1.98. The molecule has 4 rings (SSSR count). The van der Waals surface area contributed by atoms with Crippen LogP contribution >= 0.6 is 23.4 Å². The van der Waals surface area contributed by atoms with Crippen molar-refractivity contribution in [3.63, 3.8) is 0 Å². The lowest BCUT2D eigenvalue weighted by atomic mass is 10.1. The van der Waals surface area contributed by atoms with Gasteiger partial charge in [-0.05, 0) is 48.2 Å². The zero-order valence-electron chi connectivity index (χ0n) is 14.2. The minimum atomic E-state index is -0.0290. The number of hydrogen-bond donors (Lipinski definition) is 1. The Morgan fingerprint density at radius 1 is 1.12 bits per heavy atom. The van der Waals surface area contributed by atoms with Crippen molar-refractivity contribution in [2.75, 3.05) is 5.75 Å². The number of nitrogens with zero attached hydrogens (tertiary/aromatic N) is 1. The Morgan fingerprint density at radius 2 is 1.81 bits per heavy atom. The van der Waals surface area contributed by atoms with Crippen LogP contribution in [-0.4, -0.2) is 28.5 Å². The average Bonchev–Trinajstić information content (AvgIpc) is 3.39. The lowest BCUT2D eigenvalue weighted by Crippen LogP contribution is -2.28. The van der Waals surface area contributed by atoms with Crippen LogP contribution < -0.4 is 5.32 Å². The molecule has 26 heavy (non-hydrogen) atoms. The van der Waals surface area contributed by atoms with Gasteiger partial charge in [-0.1, -0.05) is 35.9 Å². The number of benzene rings is 2. The summed E-state index contributed by atoms with van der Waals surface area (Å²) in [5.74, 6) is 0.583. The molecule has 2 fully saturated rings. The standard InChI is InChI=1S/C20H19ClN2O2S/c21-16-7-1-13(2-8-16)11-23-18(24)12-26-20(23)15-5-3-14(4-6-15)19(25)22-17-9-10-17/h1-8,17,20H,9-12H2,(H,22,25)/t20-/m1/s1. The monoisotopic (exact) mass is 386 g/mol. The second kappa shape index (κ2) is 7.33. The van der Waals surface area contributed by atoms with E-state index >= 15 is 0 Å². The van der Waals surface area contributed by atoms with Crippen LogP contribution in [0.1, 0.15) is 39.7 Å². The van der Waals surface area contributed by atoms with Gasteiger partial charge in [0.05, 0.1) is 5.75 Å². The molecule has 2 aromatic rings. The van der Waals surface area contributed by atoms with E-state index in [4.69, 9.17) is 11.6 Å². The molecule has 134 valence electrons. The molecule has 2 aliphatic rings. The molecule has 1 saturated heterocycles. The molecule has 2 aromatic carbocycles. The third-order valence-electron chi connectivity index (χ3n) is 4.60. The van der Waals surface area contributed by atoms with E-state index in [1.54, 1.807) is 11.8 Å². The van der Waals surface area contributed by atoms with Crippen molar-refractivity contribution >= 4 is 35.2 Å². The van der Waals surface area contributed by atoms with Crippen molar-refractivity contribution in [2.45, 2.75) is 30.8 Å². The summed E-state index contributed by atoms with van der Waals surface area (Å²) in [4.78, 5) is 26.4. The highest BCUT2D eigenvalue weighted by molar-refractivity contribution is 8.00. The van der Waals surface area contributed by atoms with Crippen LogP contribution in [0.2, 0.25) is 5.02 Å². The zero-order chi connectivity index (χ0) is 18.1. The number of carbonyl (C=O) groups excluding carboxylic acids is 2. The molecule has 0 aromatic heterocycles. The van der Waals surface area contributed by atoms with E-state index in [-0.39, 0.29) is 17.2 Å². The summed E-state index contributed by atoms with van der Waals surface area (Å²) < 4.78 is 0. The van der Waals surface area contributed by atoms with Crippen LogP contribution in [0.25, 0.3) is 0 Å². The second-order valence-corrected chi connectivity index (χ2v) is 8.19. The van der Waals surface area contributed by atoms with E-state index in [0.717, 1.165) is 24.0 Å². The zero-order valence-corrected chi connectivity index (χ0v) is 15.7. The first-order valence-corrected chi connectivity index (χ1v) is 10.1. The van der Waals surface area contributed by atoms with Gasteiger partial charge >= 0.3 is 0 Å². The highest BCUT2D eigenvalue weighted by atomic mass is 35.5. The quantitative estimate of drug-likeness (QED) is 0.844. The molecule has 1 saturated carbocycles. The maximum absolute atomic E-state index is 12.3. The van der Waals surface area contributed by atoms with Crippen molar-refractivity contribution in [2.24, 2.45) is 0 Å². The lowest BCUT2D eigenvalue weighted by molar-refractivity contribution is -0.128. The average molecular weight is 387 g/mol. The number of carbonyl (C=O) groups is 2. The minimum Gasteiger partial charge on any atom is -0.349 e. The number of nitrogens with one attached hydrogen (secondary N) is 1. The fourth-order valence-corrected chi connectivity index (χ4v) is 4.30. The van der Waals surface area contributed by atoms with Gasteiger partial charge in [0.2, 0.25) is 5.91 Å². The molecular formula is C20H19ClN2O2S. The molecule has 0 radical (unpaired) electrons. The number of hydrogen-bond acceptors (Lipinski definition) is 3. The van der Waals surface area contributed by atoms with Crippen LogP contribution in [0.3, 0.4) is 0 Å². The van der Waals surface area contributed by atoms with Gasteiger partial charge in [-0.25, -0.2) is 0 Å². The summed E-state index contributed by atoms with van der Waals surface area (Å²) in [6.07, 6.45) is 2.15. The Balaban J connectivity index is 1.48. The fraction of sp³-hybridized carbons (Fsp3) is 0.300. The maximum Gasteiger partial charge on any atom is 0.251 e. The predicted octanol–water partition coefficient (Wildman–Crippen LogP) is 4.01. The third-order valence-corrected chi connectivity index (χ3v) is 6.11. The van der Waals surface area contributed by atoms with E-state index in [1.165, 1.54) is 0 Å². The molecule has 4 nitrogen and oxygen atoms in total. The summed E-state index contributed by atoms with van der Waals surface area (Å²) in [5, 5.41) is 3.65. The van der Waals surface area contributed by atoms with E-state index in [0.29, 0.717) is 28.9 Å². The Labute approximate surface area is 161 Å². The second-order valence-electron chi connectivity index (χ2n) is 6.68. The molecule has 1 heterocycles. The fourth-order valence-electron chi connectivity index (χ4n) is 2.98. The van der Waals surface area contributed by atoms with E-state index in [9.17, 15) is 9.59 Å². The number of rotatable bonds is 5. The maximum atomic E-state index is 12.3. The third kappa shape index (κ3) is 3.89. The van der Waals surface area contributed by atoms with Crippen molar-refractivity contribution in [1.29, 1.82) is 0 Å². The molecule has 1 aliphatic heterocycles. The molecular weight excluding hydrogens is 368 g/mol. The Bertz CT molecular complexity index is 819. The topological polar surface area (TPSA) is 49.4 Å². The molecule has 6 heteroatoms. The summed E-state index contributed by atoms with van der Waals surface area (Å²) in [6, 6.07) is 15.5. The van der Waals surface area contributed by atoms with E-state index < -0.39 is 0 Å². The molecule has 1 atom stereocenters. The number of halogens is 1. The largest absolute Gasteiger partial charge is 0.349 e. The van der Waals surface area contributed by atoms with E-state index in [1.807, 2.05) is 53.4 Å². The molecule has 1 aliphatic carbocycles. The number of thioether (sulfide) groups is 1. The Morgan fingerprint density at radius 3 is 2.46 bits per heavy atom. The summed E-state index contributed by atoms with van der Waals surface area (Å²) >= 11 is 7.56. The van der Waals surface area contributed by atoms with Crippen LogP contribution in [-0.2, 0) is 11.3 Å². The van der Waals surface area contributed by atoms with Gasteiger partial charge in [-0.3, -0.25) is 9.59 Å². The van der Waals surface area contributed by atoms with Crippen molar-refractivity contribution in [1.82, 2.24) is 10.2 Å². The summed E-state index contributed by atoms with van der Waals surface area (Å²) in [5.41, 5.74) is 2.76. The van der Waals surface area contributed by atoms with Crippen LogP contribution in [0, 0.1) is 0 Å². The predicted molar refractivity (Wildman–Crippen MR) is 104 cm³/mol. The lowest BCUT2D eigenvalue weighted by Gasteiger charge is -2.24. The first-order chi connectivity index (χ1) is 12.6. The van der Waals surface area contributed by atoms with E-state index in [2.05, 4.69) is 5.32 Å². The minimum absolute atomic E-state index is 0.0211. The van der Waals surface area contributed by atoms with Gasteiger partial charge in [-0.2, -0.15) is 0 Å². The van der Waals surface area contributed by atoms with Gasteiger partial charge in [0.15, 0.2) is 0 Å². The van der Waals surface area contributed by atoms with Gasteiger partial charge in [0.25, 0.3) is 5.91 Å². The molecule has 2 amide bonds. The molecule has 0 unspecified atom stereocenters. The van der Waals surface area contributed by atoms with Gasteiger partial charge in [-0.15, -0.1) is 11.8 Å². The molecule has 0 spiro atoms. The first kappa shape index (κ1) is 17.4. The molecule has 1 N–H and O–H groups in total. The SMILES string of the molecule is O=C(NC1CC1)c1ccc([C@H]2SCC(=O)N2Cc2ccc(Cl)cc2)cc1. The van der Waals surface area contributed by atoms with Crippen LogP contribution in [0.5, 0.6) is 0 Å². The molecule has 0 bridgehead atoms. The van der Waals surface area contributed by atoms with Gasteiger partial charge < -0.3 is 10.2 Å². The van der Waals surface area contributed by atoms with Crippen LogP contribution in [0.15, 0.2) is 48.5 Å². The van der Waals surface area contributed by atoms with Crippen molar-refractivity contribution in [3.8, 4) is 0 Å². The van der Waals surface area contributed by atoms with Gasteiger partial charge in [0.1, 0.15) is 5.37 Å². The Kier molecular flexibility index (Phi) is 4.92. The normalized spacial score (nSPS) is 19.7. The summed E-state index contributed by atoms with van der Waals surface area (Å²) in [6.45, 7) is 0.553. The smallest absolute Gasteiger partial charge is 0.251 e. The first-order valence-electron chi connectivity index (χ1n) is 8.66. The van der Waals surface area contributed by atoms with Crippen LogP contribution in [0.4, 0.5) is 0 Å². The van der Waals surface area contributed by atoms with Crippen molar-refractivity contribution in [3.05, 3.63) is 70.2 Å². The number of amides is 2. The highest BCUT2D eigenvalue weighted by Crippen LogP contribution is 2.39. The highest BCUT2D eigenvalue weighted by Gasteiger charge is 2.33.